The molecule has 0 saturated carbocycles. The quantitative estimate of drug-likeness (QED) is 0.344. The summed E-state index contributed by atoms with van der Waals surface area (Å²) in [7, 11) is 0. The number of hydrogen-bond acceptors (Lipinski definition) is 5. The molecule has 0 unspecified atom stereocenters. The predicted octanol–water partition coefficient (Wildman–Crippen LogP) is 4.40. The molecule has 4 heterocycles. The molecule has 1 aliphatic rings. The molecule has 0 fully saturated rings. The summed E-state index contributed by atoms with van der Waals surface area (Å²) < 4.78 is 62.7. The molecule has 2 aromatic carbocycles. The van der Waals surface area contributed by atoms with Gasteiger partial charge in [0.1, 0.15) is 23.4 Å². The largest absolute Gasteiger partial charge is 0.493 e. The van der Waals surface area contributed by atoms with E-state index in [9.17, 15) is 22.4 Å². The number of benzene rings is 2. The Kier molecular flexibility index (Phi) is 5.06. The maximum Gasteiger partial charge on any atom is 0.390 e. The second kappa shape index (κ2) is 8.18. The zero-order chi connectivity index (χ0) is 25.0. The third-order valence-corrected chi connectivity index (χ3v) is 6.28. The van der Waals surface area contributed by atoms with Gasteiger partial charge in [-0.15, -0.1) is 0 Å². The summed E-state index contributed by atoms with van der Waals surface area (Å²) in [6, 6.07) is 10.8. The number of aromatic nitrogens is 6. The van der Waals surface area contributed by atoms with Gasteiger partial charge in [0, 0.05) is 24.6 Å². The van der Waals surface area contributed by atoms with Crippen molar-refractivity contribution in [2.24, 2.45) is 0 Å². The van der Waals surface area contributed by atoms with E-state index in [0.717, 1.165) is 10.1 Å². The van der Waals surface area contributed by atoms with Crippen LogP contribution in [0.3, 0.4) is 0 Å². The molecule has 12 heteroatoms. The standard InChI is InChI=1S/C24H18F4N6O2/c25-14-5-6-16-18(11-14)33(13-30-16)22-29-12-19-21(31-22)34(23(35)32(19)9-8-24(26,27)28)17-7-10-36-20-4-2-1-3-15(17)20/h1-6,11-13,17H,7-10H2/t17-/m1/s1. The number of ether oxygens (including phenoxy) is 1. The highest BCUT2D eigenvalue weighted by Crippen LogP contribution is 2.35. The van der Waals surface area contributed by atoms with Crippen molar-refractivity contribution in [3.8, 4) is 11.7 Å². The van der Waals surface area contributed by atoms with Crippen molar-refractivity contribution in [2.45, 2.75) is 31.6 Å². The van der Waals surface area contributed by atoms with Crippen LogP contribution in [0.5, 0.6) is 5.75 Å². The number of alkyl halides is 3. The van der Waals surface area contributed by atoms with Gasteiger partial charge in [-0.05, 0) is 18.2 Å². The Balaban J connectivity index is 1.57. The van der Waals surface area contributed by atoms with Gasteiger partial charge in [-0.2, -0.15) is 18.2 Å². The molecule has 3 aromatic heterocycles. The van der Waals surface area contributed by atoms with Crippen LogP contribution in [0, 0.1) is 5.82 Å². The SMILES string of the molecule is O=c1n(CCC(F)(F)F)c2cnc(-n3cnc4ccc(F)cc43)nc2n1[C@@H]1CCOc2ccccc21. The molecule has 0 amide bonds. The Labute approximate surface area is 200 Å². The van der Waals surface area contributed by atoms with E-state index in [1.165, 1.54) is 39.9 Å². The smallest absolute Gasteiger partial charge is 0.390 e. The number of fused-ring (bicyclic) bond motifs is 3. The van der Waals surface area contributed by atoms with Gasteiger partial charge >= 0.3 is 11.9 Å². The van der Waals surface area contributed by atoms with Crippen LogP contribution in [0.2, 0.25) is 0 Å². The zero-order valence-electron chi connectivity index (χ0n) is 18.6. The normalized spacial score (nSPS) is 15.8. The van der Waals surface area contributed by atoms with Gasteiger partial charge < -0.3 is 4.74 Å². The maximum absolute atomic E-state index is 13.9. The number of nitrogens with zero attached hydrogens (tertiary/aromatic N) is 6. The number of rotatable bonds is 4. The van der Waals surface area contributed by atoms with E-state index < -0.39 is 36.7 Å². The fraction of sp³-hybridized carbons (Fsp3) is 0.250. The van der Waals surface area contributed by atoms with Crippen LogP contribution in [0.1, 0.15) is 24.4 Å². The van der Waals surface area contributed by atoms with Gasteiger partial charge in [-0.1, -0.05) is 18.2 Å². The molecule has 1 aliphatic heterocycles. The fourth-order valence-corrected chi connectivity index (χ4v) is 4.63. The lowest BCUT2D eigenvalue weighted by Gasteiger charge is -2.26. The van der Waals surface area contributed by atoms with Crippen LogP contribution >= 0.6 is 0 Å². The molecule has 5 aromatic rings. The third-order valence-electron chi connectivity index (χ3n) is 6.28. The molecule has 1 atom stereocenters. The number of imidazole rings is 2. The van der Waals surface area contributed by atoms with Crippen LogP contribution in [-0.4, -0.2) is 41.4 Å². The Morgan fingerprint density at radius 2 is 1.92 bits per heavy atom. The molecule has 0 N–H and O–H groups in total. The Bertz CT molecular complexity index is 1670. The van der Waals surface area contributed by atoms with Crippen molar-refractivity contribution in [1.82, 2.24) is 28.7 Å². The first-order valence-corrected chi connectivity index (χ1v) is 11.2. The molecule has 8 nitrogen and oxygen atoms in total. The predicted molar refractivity (Wildman–Crippen MR) is 122 cm³/mol. The molecule has 0 bridgehead atoms. The first-order valence-electron chi connectivity index (χ1n) is 11.2. The van der Waals surface area contributed by atoms with E-state index in [1.807, 2.05) is 6.07 Å². The van der Waals surface area contributed by atoms with E-state index in [4.69, 9.17) is 4.74 Å². The maximum atomic E-state index is 13.9. The molecular weight excluding hydrogens is 480 g/mol. The van der Waals surface area contributed by atoms with Crippen LogP contribution in [0.25, 0.3) is 28.1 Å². The molecule has 0 aliphatic carbocycles. The molecule has 0 spiro atoms. The monoisotopic (exact) mass is 498 g/mol. The van der Waals surface area contributed by atoms with Crippen LogP contribution in [0.4, 0.5) is 17.6 Å². The van der Waals surface area contributed by atoms with Crippen molar-refractivity contribution in [3.05, 3.63) is 76.9 Å². The van der Waals surface area contributed by atoms with Crippen molar-refractivity contribution in [1.29, 1.82) is 0 Å². The summed E-state index contributed by atoms with van der Waals surface area (Å²) >= 11 is 0. The lowest BCUT2D eigenvalue weighted by molar-refractivity contribution is -0.136. The minimum Gasteiger partial charge on any atom is -0.493 e. The molecule has 6 rings (SSSR count). The number of halogens is 4. The zero-order valence-corrected chi connectivity index (χ0v) is 18.6. The first-order chi connectivity index (χ1) is 17.3. The van der Waals surface area contributed by atoms with Crippen molar-refractivity contribution >= 4 is 22.2 Å². The average Bonchev–Trinajstić information content (AvgIpc) is 3.39. The highest BCUT2D eigenvalue weighted by Gasteiger charge is 2.31. The summed E-state index contributed by atoms with van der Waals surface area (Å²) in [5.41, 5.74) is 1.38. The second-order valence-corrected chi connectivity index (χ2v) is 8.49. The summed E-state index contributed by atoms with van der Waals surface area (Å²) in [5, 5.41) is 0. The van der Waals surface area contributed by atoms with Gasteiger partial charge in [-0.3, -0.25) is 13.7 Å². The van der Waals surface area contributed by atoms with Gasteiger partial charge in [0.25, 0.3) is 0 Å². The summed E-state index contributed by atoms with van der Waals surface area (Å²) in [6.07, 6.45) is -2.45. The minimum absolute atomic E-state index is 0.109. The van der Waals surface area contributed by atoms with Crippen LogP contribution in [0.15, 0.2) is 59.8 Å². The van der Waals surface area contributed by atoms with Gasteiger partial charge in [0.05, 0.1) is 36.3 Å². The number of aryl methyl sites for hydroxylation is 1. The van der Waals surface area contributed by atoms with E-state index in [2.05, 4.69) is 15.0 Å². The topological polar surface area (TPSA) is 79.8 Å². The van der Waals surface area contributed by atoms with Crippen molar-refractivity contribution in [3.63, 3.8) is 0 Å². The van der Waals surface area contributed by atoms with Crippen LogP contribution < -0.4 is 10.4 Å². The van der Waals surface area contributed by atoms with Crippen LogP contribution in [-0.2, 0) is 6.54 Å². The van der Waals surface area contributed by atoms with Crippen molar-refractivity contribution in [2.75, 3.05) is 6.61 Å². The Hall–Kier alpha value is -4.22. The Morgan fingerprint density at radius 1 is 1.08 bits per heavy atom. The second-order valence-electron chi connectivity index (χ2n) is 8.49. The summed E-state index contributed by atoms with van der Waals surface area (Å²) in [5.74, 6) is 0.235. The highest BCUT2D eigenvalue weighted by molar-refractivity contribution is 5.77. The highest BCUT2D eigenvalue weighted by atomic mass is 19.4. The number of para-hydroxylation sites is 1. The number of hydrogen-bond donors (Lipinski definition) is 0. The minimum atomic E-state index is -4.44. The summed E-state index contributed by atoms with van der Waals surface area (Å²) in [4.78, 5) is 26.7. The Morgan fingerprint density at radius 3 is 2.75 bits per heavy atom. The first kappa shape index (κ1) is 22.3. The fourth-order valence-electron chi connectivity index (χ4n) is 4.63. The van der Waals surface area contributed by atoms with Gasteiger partial charge in [0.15, 0.2) is 5.65 Å². The molecule has 36 heavy (non-hydrogen) atoms. The lowest BCUT2D eigenvalue weighted by atomic mass is 10.0. The van der Waals surface area contributed by atoms with E-state index in [-0.39, 0.29) is 17.1 Å². The molecule has 0 radical (unpaired) electrons. The summed E-state index contributed by atoms with van der Waals surface area (Å²) in [6.45, 7) is -0.245. The average molecular weight is 498 g/mol. The molecule has 0 saturated heterocycles. The van der Waals surface area contributed by atoms with E-state index in [0.29, 0.717) is 29.8 Å². The third kappa shape index (κ3) is 3.69. The van der Waals surface area contributed by atoms with E-state index in [1.54, 1.807) is 18.2 Å². The van der Waals surface area contributed by atoms with Crippen molar-refractivity contribution < 1.29 is 22.3 Å². The van der Waals surface area contributed by atoms with Gasteiger partial charge in [-0.25, -0.2) is 19.2 Å². The molecule has 184 valence electrons. The van der Waals surface area contributed by atoms with E-state index >= 15 is 0 Å². The lowest BCUT2D eigenvalue weighted by Crippen LogP contribution is -2.31. The van der Waals surface area contributed by atoms with Gasteiger partial charge in [0.2, 0.25) is 5.95 Å². The molecular formula is C24H18F4N6O2.